The normalized spacial score (nSPS) is 16.3. The topological polar surface area (TPSA) is 88.3 Å². The van der Waals surface area contributed by atoms with Crippen molar-refractivity contribution in [3.05, 3.63) is 65.9 Å². The molecule has 6 nitrogen and oxygen atoms in total. The first-order chi connectivity index (χ1) is 13.5. The minimum atomic E-state index is -0.475. The van der Waals surface area contributed by atoms with Crippen molar-refractivity contribution in [1.82, 2.24) is 9.88 Å². The zero-order chi connectivity index (χ0) is 19.7. The largest absolute Gasteiger partial charge is 0.398 e. The summed E-state index contributed by atoms with van der Waals surface area (Å²) in [6.45, 7) is 2.48. The van der Waals surface area contributed by atoms with Crippen molar-refractivity contribution in [3.8, 4) is 0 Å². The van der Waals surface area contributed by atoms with Crippen molar-refractivity contribution >= 4 is 34.1 Å². The second-order valence-corrected chi connectivity index (χ2v) is 7.10. The summed E-state index contributed by atoms with van der Waals surface area (Å²) in [5, 5.41) is 3.74. The number of nitrogens with zero attached hydrogens (tertiary/aromatic N) is 2. The minimum Gasteiger partial charge on any atom is -0.398 e. The van der Waals surface area contributed by atoms with Gasteiger partial charge in [-0.15, -0.1) is 0 Å². The standard InChI is InChI=1S/C22H22N4O2/c1-14-12-18(23)17-13-16(9-10-19(17)24-14)25-21(27)20-8-5-11-26(20)22(28)15-6-3-2-4-7-15/h2-4,6-7,9-10,12-13,20H,5,8,11H2,1H3,(H2,23,24)(H,25,27). The maximum absolute atomic E-state index is 12.9. The fourth-order valence-corrected chi connectivity index (χ4v) is 3.72. The lowest BCUT2D eigenvalue weighted by atomic mass is 10.1. The number of aryl methyl sites for hydroxylation is 1. The van der Waals surface area contributed by atoms with Gasteiger partial charge < -0.3 is 16.0 Å². The van der Waals surface area contributed by atoms with Gasteiger partial charge in [0, 0.05) is 34.6 Å². The molecule has 0 spiro atoms. The summed E-state index contributed by atoms with van der Waals surface area (Å²) in [6.07, 6.45) is 1.46. The third-order valence-electron chi connectivity index (χ3n) is 5.07. The number of carbonyl (C=O) groups excluding carboxylic acids is 2. The molecule has 1 unspecified atom stereocenters. The van der Waals surface area contributed by atoms with Crippen LogP contribution in [-0.4, -0.2) is 34.3 Å². The Hall–Kier alpha value is -3.41. The molecular weight excluding hydrogens is 352 g/mol. The van der Waals surface area contributed by atoms with Crippen molar-refractivity contribution in [2.75, 3.05) is 17.6 Å². The molecule has 2 aromatic carbocycles. The number of fused-ring (bicyclic) bond motifs is 1. The number of hydrogen-bond acceptors (Lipinski definition) is 4. The number of nitrogens with two attached hydrogens (primary N) is 1. The SMILES string of the molecule is Cc1cc(N)c2cc(NC(=O)C3CCCN3C(=O)c3ccccc3)ccc2n1. The van der Waals surface area contributed by atoms with Crippen LogP contribution in [0.15, 0.2) is 54.6 Å². The Balaban J connectivity index is 1.54. The third-order valence-corrected chi connectivity index (χ3v) is 5.07. The number of nitrogen functional groups attached to an aromatic ring is 1. The first-order valence-corrected chi connectivity index (χ1v) is 9.37. The smallest absolute Gasteiger partial charge is 0.254 e. The molecule has 0 aliphatic carbocycles. The summed E-state index contributed by atoms with van der Waals surface area (Å²) in [7, 11) is 0. The summed E-state index contributed by atoms with van der Waals surface area (Å²) in [4.78, 5) is 31.8. The number of amides is 2. The van der Waals surface area contributed by atoms with E-state index in [-0.39, 0.29) is 11.8 Å². The van der Waals surface area contributed by atoms with Crippen LogP contribution >= 0.6 is 0 Å². The zero-order valence-electron chi connectivity index (χ0n) is 15.7. The van der Waals surface area contributed by atoms with Gasteiger partial charge in [-0.2, -0.15) is 0 Å². The van der Waals surface area contributed by atoms with Gasteiger partial charge in [-0.25, -0.2) is 0 Å². The molecule has 1 fully saturated rings. The maximum Gasteiger partial charge on any atom is 0.254 e. The Morgan fingerprint density at radius 1 is 1.14 bits per heavy atom. The summed E-state index contributed by atoms with van der Waals surface area (Å²) in [6, 6.07) is 15.9. The summed E-state index contributed by atoms with van der Waals surface area (Å²) < 4.78 is 0. The van der Waals surface area contributed by atoms with Crippen LogP contribution in [0.25, 0.3) is 10.9 Å². The highest BCUT2D eigenvalue weighted by Gasteiger charge is 2.34. The molecule has 3 aromatic rings. The van der Waals surface area contributed by atoms with Gasteiger partial charge in [-0.05, 0) is 56.2 Å². The van der Waals surface area contributed by atoms with Crippen molar-refractivity contribution in [2.45, 2.75) is 25.8 Å². The van der Waals surface area contributed by atoms with E-state index in [1.54, 1.807) is 17.0 Å². The van der Waals surface area contributed by atoms with Crippen molar-refractivity contribution < 1.29 is 9.59 Å². The first-order valence-electron chi connectivity index (χ1n) is 9.37. The Morgan fingerprint density at radius 2 is 1.93 bits per heavy atom. The molecule has 2 amide bonds. The van der Waals surface area contributed by atoms with Crippen molar-refractivity contribution in [1.29, 1.82) is 0 Å². The number of anilines is 2. The fourth-order valence-electron chi connectivity index (χ4n) is 3.72. The Bertz CT molecular complexity index is 1050. The van der Waals surface area contributed by atoms with Gasteiger partial charge in [0.25, 0.3) is 5.91 Å². The monoisotopic (exact) mass is 374 g/mol. The average molecular weight is 374 g/mol. The van der Waals surface area contributed by atoms with Crippen LogP contribution in [0.5, 0.6) is 0 Å². The summed E-state index contributed by atoms with van der Waals surface area (Å²) in [5.74, 6) is -0.291. The highest BCUT2D eigenvalue weighted by molar-refractivity contribution is 6.03. The molecule has 0 bridgehead atoms. The average Bonchev–Trinajstić information content (AvgIpc) is 3.18. The quantitative estimate of drug-likeness (QED) is 0.736. The van der Waals surface area contributed by atoms with Gasteiger partial charge in [0.2, 0.25) is 5.91 Å². The van der Waals surface area contributed by atoms with Gasteiger partial charge in [-0.1, -0.05) is 18.2 Å². The number of aromatic nitrogens is 1. The summed E-state index contributed by atoms with van der Waals surface area (Å²) >= 11 is 0. The lowest BCUT2D eigenvalue weighted by molar-refractivity contribution is -0.119. The zero-order valence-corrected chi connectivity index (χ0v) is 15.7. The van der Waals surface area contributed by atoms with E-state index < -0.39 is 6.04 Å². The predicted octanol–water partition coefficient (Wildman–Crippen LogP) is 3.37. The van der Waals surface area contributed by atoms with Crippen LogP contribution in [0.2, 0.25) is 0 Å². The number of nitrogens with one attached hydrogen (secondary N) is 1. The number of benzene rings is 2. The Kier molecular flexibility index (Phi) is 4.69. The molecule has 1 aromatic heterocycles. The molecule has 142 valence electrons. The molecule has 1 aliphatic heterocycles. The second-order valence-electron chi connectivity index (χ2n) is 7.10. The third kappa shape index (κ3) is 3.41. The van der Waals surface area contributed by atoms with E-state index in [1.807, 2.05) is 49.4 Å². The predicted molar refractivity (Wildman–Crippen MR) is 110 cm³/mol. The van der Waals surface area contributed by atoms with Gasteiger partial charge in [0.05, 0.1) is 5.52 Å². The molecule has 0 radical (unpaired) electrons. The van der Waals surface area contributed by atoms with Crippen LogP contribution in [0, 0.1) is 6.92 Å². The lowest BCUT2D eigenvalue weighted by Crippen LogP contribution is -2.43. The molecule has 2 heterocycles. The highest BCUT2D eigenvalue weighted by Crippen LogP contribution is 2.26. The minimum absolute atomic E-state index is 0.110. The first kappa shape index (κ1) is 18.0. The van der Waals surface area contributed by atoms with E-state index in [2.05, 4.69) is 10.3 Å². The van der Waals surface area contributed by atoms with Gasteiger partial charge in [0.1, 0.15) is 6.04 Å². The second kappa shape index (κ2) is 7.31. The molecular formula is C22H22N4O2. The molecule has 1 saturated heterocycles. The van der Waals surface area contributed by atoms with Crippen molar-refractivity contribution in [3.63, 3.8) is 0 Å². The number of hydrogen-bond donors (Lipinski definition) is 2. The molecule has 1 atom stereocenters. The maximum atomic E-state index is 12.9. The van der Waals surface area contributed by atoms with E-state index in [4.69, 9.17) is 5.73 Å². The van der Waals surface area contributed by atoms with E-state index in [0.29, 0.717) is 29.9 Å². The molecule has 1 aliphatic rings. The van der Waals surface area contributed by atoms with E-state index in [0.717, 1.165) is 23.0 Å². The lowest BCUT2D eigenvalue weighted by Gasteiger charge is -2.24. The number of carbonyl (C=O) groups is 2. The van der Waals surface area contributed by atoms with Gasteiger partial charge in [0.15, 0.2) is 0 Å². The van der Waals surface area contributed by atoms with Crippen LogP contribution in [-0.2, 0) is 4.79 Å². The molecule has 0 saturated carbocycles. The molecule has 3 N–H and O–H groups in total. The van der Waals surface area contributed by atoms with Crippen LogP contribution in [0.4, 0.5) is 11.4 Å². The van der Waals surface area contributed by atoms with E-state index in [9.17, 15) is 9.59 Å². The number of rotatable bonds is 3. The number of pyridine rings is 1. The Morgan fingerprint density at radius 3 is 2.71 bits per heavy atom. The van der Waals surface area contributed by atoms with Crippen LogP contribution in [0.3, 0.4) is 0 Å². The van der Waals surface area contributed by atoms with Gasteiger partial charge >= 0.3 is 0 Å². The molecule has 6 heteroatoms. The highest BCUT2D eigenvalue weighted by atomic mass is 16.2. The fraction of sp³-hybridized carbons (Fsp3) is 0.227. The summed E-state index contributed by atoms with van der Waals surface area (Å²) in [5.41, 5.74) is 9.61. The van der Waals surface area contributed by atoms with Gasteiger partial charge in [-0.3, -0.25) is 14.6 Å². The number of likely N-dealkylation sites (tertiary alicyclic amines) is 1. The molecule has 4 rings (SSSR count). The van der Waals surface area contributed by atoms with Crippen LogP contribution in [0.1, 0.15) is 28.9 Å². The van der Waals surface area contributed by atoms with Crippen LogP contribution < -0.4 is 11.1 Å². The molecule has 28 heavy (non-hydrogen) atoms. The van der Waals surface area contributed by atoms with E-state index in [1.165, 1.54) is 0 Å². The van der Waals surface area contributed by atoms with Crippen molar-refractivity contribution in [2.24, 2.45) is 0 Å². The van der Waals surface area contributed by atoms with E-state index >= 15 is 0 Å². The Labute approximate surface area is 163 Å².